The van der Waals surface area contributed by atoms with Crippen LogP contribution in [0.3, 0.4) is 0 Å². The largest absolute Gasteiger partial charge is 0.497 e. The number of anilines is 1. The zero-order valence-electron chi connectivity index (χ0n) is 20.2. The van der Waals surface area contributed by atoms with Gasteiger partial charge in [0, 0.05) is 36.5 Å². The quantitative estimate of drug-likeness (QED) is 0.349. The molecule has 0 amide bonds. The van der Waals surface area contributed by atoms with E-state index >= 15 is 0 Å². The Labute approximate surface area is 204 Å². The lowest BCUT2D eigenvalue weighted by Crippen LogP contribution is -2.08. The fraction of sp³-hybridized carbons (Fsp3) is 0.222. The summed E-state index contributed by atoms with van der Waals surface area (Å²) in [6.07, 6.45) is 8.20. The summed E-state index contributed by atoms with van der Waals surface area (Å²) < 4.78 is 21.7. The number of fused-ring (bicyclic) bond motifs is 1. The van der Waals surface area contributed by atoms with E-state index < -0.39 is 0 Å². The molecular formula is C27H28N4O4. The van der Waals surface area contributed by atoms with Gasteiger partial charge in [-0.25, -0.2) is 9.97 Å². The third-order valence-corrected chi connectivity index (χ3v) is 5.47. The Balaban J connectivity index is 1.69. The summed E-state index contributed by atoms with van der Waals surface area (Å²) in [4.78, 5) is 13.6. The van der Waals surface area contributed by atoms with Crippen LogP contribution in [0, 0.1) is 0 Å². The average molecular weight is 473 g/mol. The Morgan fingerprint density at radius 1 is 0.771 bits per heavy atom. The molecule has 0 radical (unpaired) electrons. The van der Waals surface area contributed by atoms with Crippen molar-refractivity contribution < 1.29 is 18.9 Å². The number of benzene rings is 2. The first-order chi connectivity index (χ1) is 17.1. The summed E-state index contributed by atoms with van der Waals surface area (Å²) in [6, 6.07) is 13.4. The van der Waals surface area contributed by atoms with E-state index in [1.165, 1.54) is 5.56 Å². The van der Waals surface area contributed by atoms with E-state index in [-0.39, 0.29) is 0 Å². The first kappa shape index (κ1) is 23.8. The number of hydrogen-bond donors (Lipinski definition) is 1. The molecule has 0 aliphatic heterocycles. The molecule has 0 spiro atoms. The number of rotatable bonds is 10. The second-order valence-electron chi connectivity index (χ2n) is 7.67. The van der Waals surface area contributed by atoms with E-state index in [4.69, 9.17) is 28.9 Å². The van der Waals surface area contributed by atoms with Gasteiger partial charge in [-0.1, -0.05) is 6.08 Å². The third-order valence-electron chi connectivity index (χ3n) is 5.47. The maximum Gasteiger partial charge on any atom is 0.162 e. The van der Waals surface area contributed by atoms with Gasteiger partial charge >= 0.3 is 0 Å². The number of pyridine rings is 1. The molecule has 180 valence electrons. The topological polar surface area (TPSA) is 87.6 Å². The Morgan fingerprint density at radius 2 is 1.46 bits per heavy atom. The predicted molar refractivity (Wildman–Crippen MR) is 138 cm³/mol. The standard InChI is InChI=1S/C27H28N4O4/c1-32-20-13-19(14-21(15-20)33-2)5-6-26-30-23-17-25(35-4)24(34-3)16-22(23)27(31-26)29-12-9-18-7-10-28-11-8-18/h5-8,10-11,13-17H,9,12H2,1-4H3,(H,29,30,31)/b6-5+. The van der Waals surface area contributed by atoms with Gasteiger partial charge < -0.3 is 24.3 Å². The van der Waals surface area contributed by atoms with Crippen LogP contribution in [0.1, 0.15) is 17.0 Å². The van der Waals surface area contributed by atoms with Crippen molar-refractivity contribution in [2.24, 2.45) is 0 Å². The van der Waals surface area contributed by atoms with Crippen LogP contribution in [0.15, 0.2) is 54.9 Å². The number of nitrogens with one attached hydrogen (secondary N) is 1. The lowest BCUT2D eigenvalue weighted by Gasteiger charge is -2.13. The minimum absolute atomic E-state index is 0.554. The number of aromatic nitrogens is 3. The summed E-state index contributed by atoms with van der Waals surface area (Å²) in [6.45, 7) is 0.695. The van der Waals surface area contributed by atoms with Crippen LogP contribution >= 0.6 is 0 Å². The SMILES string of the molecule is COc1cc(/C=C/c2nc(NCCc3ccncc3)c3cc(OC)c(OC)cc3n2)cc(OC)c1. The van der Waals surface area contributed by atoms with Crippen molar-refractivity contribution >= 4 is 28.9 Å². The molecule has 4 rings (SSSR count). The molecule has 0 fully saturated rings. The third kappa shape index (κ3) is 5.78. The van der Waals surface area contributed by atoms with Crippen molar-refractivity contribution in [3.05, 3.63) is 71.8 Å². The van der Waals surface area contributed by atoms with Crippen LogP contribution in [-0.4, -0.2) is 49.9 Å². The Kier molecular flexibility index (Phi) is 7.62. The highest BCUT2D eigenvalue weighted by Gasteiger charge is 2.13. The number of hydrogen-bond acceptors (Lipinski definition) is 8. The molecule has 0 aliphatic carbocycles. The molecule has 4 aromatic rings. The first-order valence-electron chi connectivity index (χ1n) is 11.1. The summed E-state index contributed by atoms with van der Waals surface area (Å²) in [5.74, 6) is 3.91. The summed E-state index contributed by atoms with van der Waals surface area (Å²) in [5.41, 5.74) is 2.84. The Morgan fingerprint density at radius 3 is 2.11 bits per heavy atom. The Bertz CT molecular complexity index is 1300. The van der Waals surface area contributed by atoms with Gasteiger partial charge in [-0.2, -0.15) is 0 Å². The van der Waals surface area contributed by atoms with Crippen LogP contribution in [-0.2, 0) is 6.42 Å². The summed E-state index contributed by atoms with van der Waals surface area (Å²) in [7, 11) is 6.47. The molecule has 0 saturated heterocycles. The van der Waals surface area contributed by atoms with E-state index in [1.807, 2.05) is 54.6 Å². The molecule has 1 N–H and O–H groups in total. The fourth-order valence-corrected chi connectivity index (χ4v) is 3.65. The summed E-state index contributed by atoms with van der Waals surface area (Å²) >= 11 is 0. The van der Waals surface area contributed by atoms with Gasteiger partial charge in [0.1, 0.15) is 17.3 Å². The number of nitrogens with zero attached hydrogens (tertiary/aromatic N) is 3. The molecule has 8 nitrogen and oxygen atoms in total. The van der Waals surface area contributed by atoms with E-state index in [0.717, 1.165) is 22.9 Å². The van der Waals surface area contributed by atoms with Crippen molar-refractivity contribution in [1.29, 1.82) is 0 Å². The van der Waals surface area contributed by atoms with Crippen LogP contribution in [0.2, 0.25) is 0 Å². The van der Waals surface area contributed by atoms with Gasteiger partial charge in [0.15, 0.2) is 17.3 Å². The molecule has 0 unspecified atom stereocenters. The summed E-state index contributed by atoms with van der Waals surface area (Å²) in [5, 5.41) is 4.30. The van der Waals surface area contributed by atoms with Crippen LogP contribution in [0.4, 0.5) is 5.82 Å². The second kappa shape index (κ2) is 11.2. The molecular weight excluding hydrogens is 444 g/mol. The van der Waals surface area contributed by atoms with Crippen molar-refractivity contribution in [2.75, 3.05) is 40.3 Å². The lowest BCUT2D eigenvalue weighted by molar-refractivity contribution is 0.356. The average Bonchev–Trinajstić information content (AvgIpc) is 2.91. The fourth-order valence-electron chi connectivity index (χ4n) is 3.65. The monoisotopic (exact) mass is 472 g/mol. The molecule has 2 aromatic carbocycles. The maximum atomic E-state index is 5.50. The second-order valence-corrected chi connectivity index (χ2v) is 7.67. The molecule has 2 heterocycles. The minimum Gasteiger partial charge on any atom is -0.497 e. The van der Waals surface area contributed by atoms with Gasteiger partial charge in [0.05, 0.1) is 34.0 Å². The number of methoxy groups -OCH3 is 4. The van der Waals surface area contributed by atoms with Crippen molar-refractivity contribution in [3.8, 4) is 23.0 Å². The van der Waals surface area contributed by atoms with Crippen molar-refractivity contribution in [1.82, 2.24) is 15.0 Å². The van der Waals surface area contributed by atoms with Gasteiger partial charge in [-0.05, 0) is 54.0 Å². The van der Waals surface area contributed by atoms with Gasteiger partial charge in [-0.3, -0.25) is 4.98 Å². The molecule has 0 aliphatic rings. The number of ether oxygens (including phenoxy) is 4. The molecule has 0 bridgehead atoms. The van der Waals surface area contributed by atoms with E-state index in [9.17, 15) is 0 Å². The first-order valence-corrected chi connectivity index (χ1v) is 11.1. The van der Waals surface area contributed by atoms with Crippen LogP contribution < -0.4 is 24.3 Å². The molecule has 0 saturated carbocycles. The molecule has 8 heteroatoms. The molecule has 0 atom stereocenters. The van der Waals surface area contributed by atoms with E-state index in [1.54, 1.807) is 40.8 Å². The molecule has 2 aromatic heterocycles. The molecule has 35 heavy (non-hydrogen) atoms. The predicted octanol–water partition coefficient (Wildman–Crippen LogP) is 4.88. The van der Waals surface area contributed by atoms with Gasteiger partial charge in [0.25, 0.3) is 0 Å². The van der Waals surface area contributed by atoms with Gasteiger partial charge in [0.2, 0.25) is 0 Å². The van der Waals surface area contributed by atoms with Gasteiger partial charge in [-0.15, -0.1) is 0 Å². The van der Waals surface area contributed by atoms with Crippen LogP contribution in [0.5, 0.6) is 23.0 Å². The zero-order chi connectivity index (χ0) is 24.6. The maximum absolute atomic E-state index is 5.50. The van der Waals surface area contributed by atoms with Crippen molar-refractivity contribution in [2.45, 2.75) is 6.42 Å². The minimum atomic E-state index is 0.554. The van der Waals surface area contributed by atoms with Crippen LogP contribution in [0.25, 0.3) is 23.1 Å². The highest BCUT2D eigenvalue weighted by molar-refractivity contribution is 5.92. The highest BCUT2D eigenvalue weighted by Crippen LogP contribution is 2.34. The van der Waals surface area contributed by atoms with E-state index in [2.05, 4.69) is 10.3 Å². The highest BCUT2D eigenvalue weighted by atomic mass is 16.5. The van der Waals surface area contributed by atoms with Crippen molar-refractivity contribution in [3.63, 3.8) is 0 Å². The lowest BCUT2D eigenvalue weighted by atomic mass is 10.1. The Hall–Kier alpha value is -4.33. The van der Waals surface area contributed by atoms with E-state index in [0.29, 0.717) is 41.2 Å². The zero-order valence-corrected chi connectivity index (χ0v) is 20.2. The normalized spacial score (nSPS) is 11.0. The smallest absolute Gasteiger partial charge is 0.162 e.